The summed E-state index contributed by atoms with van der Waals surface area (Å²) < 4.78 is 6.10. The van der Waals surface area contributed by atoms with Crippen LogP contribution in [-0.2, 0) is 4.79 Å². The molecule has 4 rings (SSSR count). The number of hydrogen-bond donors (Lipinski definition) is 1. The Morgan fingerprint density at radius 3 is 2.52 bits per heavy atom. The molecular formula is C24H23N3O3S. The van der Waals surface area contributed by atoms with E-state index in [1.54, 1.807) is 17.0 Å². The molecule has 4 aromatic rings. The van der Waals surface area contributed by atoms with E-state index in [1.807, 2.05) is 48.5 Å². The molecule has 0 aliphatic heterocycles. The minimum Gasteiger partial charge on any atom is -0.459 e. The fraction of sp³-hybridized carbons (Fsp3) is 0.208. The van der Waals surface area contributed by atoms with Gasteiger partial charge in [-0.2, -0.15) is 0 Å². The zero-order chi connectivity index (χ0) is 21.8. The summed E-state index contributed by atoms with van der Waals surface area (Å²) in [6.45, 7) is 4.46. The van der Waals surface area contributed by atoms with Gasteiger partial charge in [0.1, 0.15) is 0 Å². The Bertz CT molecular complexity index is 1150. The summed E-state index contributed by atoms with van der Waals surface area (Å²) in [5.74, 6) is 0.138. The lowest BCUT2D eigenvalue weighted by atomic mass is 10.0. The summed E-state index contributed by atoms with van der Waals surface area (Å²) in [5, 5.41) is 3.34. The number of benzene rings is 2. The second-order valence-corrected chi connectivity index (χ2v) is 8.43. The van der Waals surface area contributed by atoms with Gasteiger partial charge in [0, 0.05) is 13.0 Å². The molecule has 31 heavy (non-hydrogen) atoms. The lowest BCUT2D eigenvalue weighted by molar-refractivity contribution is -0.117. The summed E-state index contributed by atoms with van der Waals surface area (Å²) in [6, 6.07) is 19.0. The Balaban J connectivity index is 1.56. The second-order valence-electron chi connectivity index (χ2n) is 7.42. The summed E-state index contributed by atoms with van der Waals surface area (Å²) in [6.07, 6.45) is 1.57. The molecule has 2 aromatic carbocycles. The van der Waals surface area contributed by atoms with Gasteiger partial charge < -0.3 is 9.73 Å². The molecule has 6 nitrogen and oxygen atoms in total. The molecule has 7 heteroatoms. The maximum Gasteiger partial charge on any atom is 0.286 e. The fourth-order valence-corrected chi connectivity index (χ4v) is 4.22. The van der Waals surface area contributed by atoms with Crippen LogP contribution in [0, 0.1) is 0 Å². The largest absolute Gasteiger partial charge is 0.459 e. The maximum absolute atomic E-state index is 13.2. The van der Waals surface area contributed by atoms with Crippen molar-refractivity contribution in [2.45, 2.75) is 26.2 Å². The van der Waals surface area contributed by atoms with Crippen molar-refractivity contribution in [3.8, 4) is 0 Å². The average Bonchev–Trinajstić information content (AvgIpc) is 3.44. The van der Waals surface area contributed by atoms with Crippen molar-refractivity contribution in [2.75, 3.05) is 11.4 Å². The molecule has 0 radical (unpaired) electrons. The van der Waals surface area contributed by atoms with Gasteiger partial charge >= 0.3 is 0 Å². The smallest absolute Gasteiger partial charge is 0.286 e. The Kier molecular flexibility index (Phi) is 6.13. The van der Waals surface area contributed by atoms with Gasteiger partial charge in [0.15, 0.2) is 10.9 Å². The summed E-state index contributed by atoms with van der Waals surface area (Å²) in [4.78, 5) is 31.6. The lowest BCUT2D eigenvalue weighted by Gasteiger charge is -2.21. The van der Waals surface area contributed by atoms with Crippen LogP contribution in [0.15, 0.2) is 71.3 Å². The fourth-order valence-electron chi connectivity index (χ4n) is 3.21. The number of carbonyl (C=O) groups is 2. The van der Waals surface area contributed by atoms with Crippen LogP contribution in [0.25, 0.3) is 10.2 Å². The number of anilines is 2. The number of amides is 2. The topological polar surface area (TPSA) is 75.4 Å². The van der Waals surface area contributed by atoms with Gasteiger partial charge in [0.25, 0.3) is 5.91 Å². The highest BCUT2D eigenvalue weighted by Crippen LogP contribution is 2.34. The Labute approximate surface area is 184 Å². The summed E-state index contributed by atoms with van der Waals surface area (Å²) in [5.41, 5.74) is 2.81. The second kappa shape index (κ2) is 9.14. The van der Waals surface area contributed by atoms with Crippen LogP contribution in [0.4, 0.5) is 10.8 Å². The van der Waals surface area contributed by atoms with Crippen LogP contribution in [0.5, 0.6) is 0 Å². The normalized spacial score (nSPS) is 11.1. The highest BCUT2D eigenvalue weighted by Gasteiger charge is 2.22. The molecule has 2 heterocycles. The number of carbonyl (C=O) groups excluding carboxylic acids is 2. The molecule has 0 saturated heterocycles. The Hall–Kier alpha value is -3.45. The van der Waals surface area contributed by atoms with Crippen LogP contribution in [-0.4, -0.2) is 23.3 Å². The van der Waals surface area contributed by atoms with Gasteiger partial charge in [-0.25, -0.2) is 4.98 Å². The molecule has 0 spiro atoms. The van der Waals surface area contributed by atoms with Crippen molar-refractivity contribution in [2.24, 2.45) is 0 Å². The SMILES string of the molecule is CC(C)c1ccc(N(C(=O)CCNC(=O)c2ccco2)c2nc3ccccc3s2)cc1. The van der Waals surface area contributed by atoms with E-state index in [0.29, 0.717) is 11.0 Å². The summed E-state index contributed by atoms with van der Waals surface area (Å²) in [7, 11) is 0. The van der Waals surface area contributed by atoms with E-state index in [-0.39, 0.29) is 30.5 Å². The first kappa shape index (κ1) is 20.8. The number of aromatic nitrogens is 1. The van der Waals surface area contributed by atoms with Gasteiger partial charge in [-0.05, 0) is 47.9 Å². The van der Waals surface area contributed by atoms with Crippen molar-refractivity contribution >= 4 is 44.2 Å². The Morgan fingerprint density at radius 2 is 1.84 bits per heavy atom. The molecule has 0 saturated carbocycles. The van der Waals surface area contributed by atoms with E-state index in [1.165, 1.54) is 23.2 Å². The first-order chi connectivity index (χ1) is 15.0. The predicted octanol–water partition coefficient (Wildman–Crippen LogP) is 5.50. The average molecular weight is 434 g/mol. The van der Waals surface area contributed by atoms with Crippen LogP contribution >= 0.6 is 11.3 Å². The maximum atomic E-state index is 13.2. The van der Waals surface area contributed by atoms with Crippen molar-refractivity contribution in [3.63, 3.8) is 0 Å². The number of rotatable bonds is 7. The number of hydrogen-bond acceptors (Lipinski definition) is 5. The van der Waals surface area contributed by atoms with E-state index in [9.17, 15) is 9.59 Å². The van der Waals surface area contributed by atoms with E-state index in [0.717, 1.165) is 15.9 Å². The molecule has 2 aromatic heterocycles. The van der Waals surface area contributed by atoms with Gasteiger partial charge in [-0.15, -0.1) is 0 Å². The minimum absolute atomic E-state index is 0.133. The molecule has 0 aliphatic rings. The third-order valence-electron chi connectivity index (χ3n) is 4.91. The molecule has 2 amide bonds. The first-order valence-electron chi connectivity index (χ1n) is 10.1. The quantitative estimate of drug-likeness (QED) is 0.418. The Morgan fingerprint density at radius 1 is 1.06 bits per heavy atom. The number of thiazole rings is 1. The van der Waals surface area contributed by atoms with Crippen LogP contribution in [0.3, 0.4) is 0 Å². The number of furan rings is 1. The van der Waals surface area contributed by atoms with Crippen molar-refractivity contribution in [1.29, 1.82) is 0 Å². The number of fused-ring (bicyclic) bond motifs is 1. The molecule has 0 bridgehead atoms. The molecule has 1 N–H and O–H groups in total. The van der Waals surface area contributed by atoms with E-state index >= 15 is 0 Å². The molecule has 0 atom stereocenters. The predicted molar refractivity (Wildman–Crippen MR) is 123 cm³/mol. The number of nitrogens with one attached hydrogen (secondary N) is 1. The van der Waals surface area contributed by atoms with Crippen LogP contribution in [0.2, 0.25) is 0 Å². The zero-order valence-corrected chi connectivity index (χ0v) is 18.2. The van der Waals surface area contributed by atoms with Gasteiger partial charge in [0.2, 0.25) is 5.91 Å². The van der Waals surface area contributed by atoms with Crippen LogP contribution in [0.1, 0.15) is 42.3 Å². The highest BCUT2D eigenvalue weighted by molar-refractivity contribution is 7.22. The third kappa shape index (κ3) is 4.67. The van der Waals surface area contributed by atoms with Crippen molar-refractivity contribution in [1.82, 2.24) is 10.3 Å². The molecule has 158 valence electrons. The molecular weight excluding hydrogens is 410 g/mol. The first-order valence-corrected chi connectivity index (χ1v) is 10.9. The lowest BCUT2D eigenvalue weighted by Crippen LogP contribution is -2.31. The van der Waals surface area contributed by atoms with E-state index in [2.05, 4.69) is 24.1 Å². The monoisotopic (exact) mass is 433 g/mol. The summed E-state index contributed by atoms with van der Waals surface area (Å²) >= 11 is 1.47. The number of para-hydroxylation sites is 1. The molecule has 0 unspecified atom stereocenters. The van der Waals surface area contributed by atoms with Gasteiger partial charge in [-0.1, -0.05) is 49.4 Å². The van der Waals surface area contributed by atoms with Crippen molar-refractivity contribution in [3.05, 3.63) is 78.3 Å². The highest BCUT2D eigenvalue weighted by atomic mass is 32.1. The zero-order valence-electron chi connectivity index (χ0n) is 17.4. The van der Waals surface area contributed by atoms with E-state index < -0.39 is 0 Å². The van der Waals surface area contributed by atoms with Crippen LogP contribution < -0.4 is 10.2 Å². The molecule has 0 fully saturated rings. The molecule has 0 aliphatic carbocycles. The van der Waals surface area contributed by atoms with E-state index in [4.69, 9.17) is 4.42 Å². The standard InChI is InChI=1S/C24H23N3O3S/c1-16(2)17-9-11-18(12-10-17)27(24-26-19-6-3-4-8-21(19)31-24)22(28)13-14-25-23(29)20-7-5-15-30-20/h3-12,15-16H,13-14H2,1-2H3,(H,25,29). The van der Waals surface area contributed by atoms with Gasteiger partial charge in [-0.3, -0.25) is 14.5 Å². The van der Waals surface area contributed by atoms with Crippen molar-refractivity contribution < 1.29 is 14.0 Å². The third-order valence-corrected chi connectivity index (χ3v) is 5.93. The number of nitrogens with zero attached hydrogens (tertiary/aromatic N) is 2. The van der Waals surface area contributed by atoms with Gasteiger partial charge in [0.05, 0.1) is 22.2 Å². The minimum atomic E-state index is -0.342.